The lowest BCUT2D eigenvalue weighted by molar-refractivity contribution is -0.384. The molecule has 1 aromatic rings. The van der Waals surface area contributed by atoms with Crippen molar-refractivity contribution in [2.75, 3.05) is 7.11 Å². The molecule has 0 aliphatic rings. The third kappa shape index (κ3) is 4.04. The van der Waals surface area contributed by atoms with Gasteiger partial charge in [0, 0.05) is 18.6 Å². The summed E-state index contributed by atoms with van der Waals surface area (Å²) in [6, 6.07) is 6.17. The predicted octanol–water partition coefficient (Wildman–Crippen LogP) is 2.70. The van der Waals surface area contributed by atoms with E-state index in [1.165, 1.54) is 19.2 Å². The van der Waals surface area contributed by atoms with Crippen LogP contribution in [0.2, 0.25) is 0 Å². The Morgan fingerprint density at radius 1 is 1.39 bits per heavy atom. The lowest BCUT2D eigenvalue weighted by atomic mass is 10.1. The molecule has 0 bridgehead atoms. The first-order valence-electron chi connectivity index (χ1n) is 5.54. The molecule has 1 rings (SSSR count). The molecule has 0 aliphatic carbocycles. The SMILES string of the molecule is CCC(Cc1ccc([N+](=O)[O-])cc1)OC(=O)OC. The number of nitro benzene ring substituents is 1. The number of nitro groups is 1. The van der Waals surface area contributed by atoms with Gasteiger partial charge in [-0.3, -0.25) is 10.1 Å². The predicted molar refractivity (Wildman–Crippen MR) is 64.4 cm³/mol. The van der Waals surface area contributed by atoms with Gasteiger partial charge in [0.1, 0.15) is 6.10 Å². The summed E-state index contributed by atoms with van der Waals surface area (Å²) in [7, 11) is 1.25. The fourth-order valence-corrected chi connectivity index (χ4v) is 1.47. The van der Waals surface area contributed by atoms with Crippen LogP contribution in [0.4, 0.5) is 10.5 Å². The Labute approximate surface area is 105 Å². The number of non-ortho nitro benzene ring substituents is 1. The fraction of sp³-hybridized carbons (Fsp3) is 0.417. The zero-order valence-electron chi connectivity index (χ0n) is 10.3. The van der Waals surface area contributed by atoms with Crippen LogP contribution in [0.15, 0.2) is 24.3 Å². The van der Waals surface area contributed by atoms with Crippen molar-refractivity contribution in [1.82, 2.24) is 0 Å². The normalized spacial score (nSPS) is 11.7. The van der Waals surface area contributed by atoms with Crippen LogP contribution >= 0.6 is 0 Å². The Balaban J connectivity index is 2.64. The van der Waals surface area contributed by atoms with Crippen molar-refractivity contribution in [3.63, 3.8) is 0 Å². The van der Waals surface area contributed by atoms with E-state index in [0.717, 1.165) is 5.56 Å². The maximum Gasteiger partial charge on any atom is 0.508 e. The molecule has 0 saturated carbocycles. The van der Waals surface area contributed by atoms with Crippen molar-refractivity contribution < 1.29 is 19.2 Å². The lowest BCUT2D eigenvalue weighted by Crippen LogP contribution is -2.19. The molecule has 0 fully saturated rings. The standard InChI is InChI=1S/C12H15NO5/c1-3-11(18-12(14)17-2)8-9-4-6-10(7-5-9)13(15)16/h4-7,11H,3,8H2,1-2H3. The average Bonchev–Trinajstić information content (AvgIpc) is 2.38. The average molecular weight is 253 g/mol. The maximum absolute atomic E-state index is 11.0. The Kier molecular flexibility index (Phi) is 5.10. The molecule has 0 N–H and O–H groups in total. The van der Waals surface area contributed by atoms with E-state index in [4.69, 9.17) is 4.74 Å². The number of nitrogens with zero attached hydrogens (tertiary/aromatic N) is 1. The van der Waals surface area contributed by atoms with Crippen molar-refractivity contribution in [3.8, 4) is 0 Å². The highest BCUT2D eigenvalue weighted by Gasteiger charge is 2.14. The quantitative estimate of drug-likeness (QED) is 0.458. The van der Waals surface area contributed by atoms with Crippen LogP contribution in [0, 0.1) is 10.1 Å². The summed E-state index contributed by atoms with van der Waals surface area (Å²) in [6.07, 6.45) is 0.137. The van der Waals surface area contributed by atoms with E-state index in [0.29, 0.717) is 12.8 Å². The number of carbonyl (C=O) groups excluding carboxylic acids is 1. The molecule has 0 amide bonds. The molecule has 0 spiro atoms. The van der Waals surface area contributed by atoms with Gasteiger partial charge in [-0.15, -0.1) is 0 Å². The second kappa shape index (κ2) is 6.58. The van der Waals surface area contributed by atoms with E-state index in [9.17, 15) is 14.9 Å². The first-order valence-corrected chi connectivity index (χ1v) is 5.54. The number of benzene rings is 1. The van der Waals surface area contributed by atoms with E-state index in [-0.39, 0.29) is 11.8 Å². The summed E-state index contributed by atoms with van der Waals surface area (Å²) in [5.74, 6) is 0. The summed E-state index contributed by atoms with van der Waals surface area (Å²) in [5, 5.41) is 10.5. The van der Waals surface area contributed by atoms with Gasteiger partial charge in [-0.2, -0.15) is 0 Å². The minimum absolute atomic E-state index is 0.0423. The van der Waals surface area contributed by atoms with Gasteiger partial charge in [0.2, 0.25) is 0 Å². The highest BCUT2D eigenvalue weighted by atomic mass is 16.7. The first kappa shape index (κ1) is 14.0. The molecule has 0 aliphatic heterocycles. The topological polar surface area (TPSA) is 78.7 Å². The lowest BCUT2D eigenvalue weighted by Gasteiger charge is -2.14. The molecule has 6 heteroatoms. The molecule has 1 unspecified atom stereocenters. The zero-order chi connectivity index (χ0) is 13.5. The Morgan fingerprint density at radius 3 is 2.44 bits per heavy atom. The Bertz CT molecular complexity index is 415. The number of hydrogen-bond donors (Lipinski definition) is 0. The van der Waals surface area contributed by atoms with Crippen LogP contribution in [0.1, 0.15) is 18.9 Å². The molecule has 0 saturated heterocycles. The summed E-state index contributed by atoms with van der Waals surface area (Å²) in [5.41, 5.74) is 0.914. The van der Waals surface area contributed by atoms with Crippen molar-refractivity contribution in [2.45, 2.75) is 25.9 Å². The van der Waals surface area contributed by atoms with Crippen LogP contribution in [-0.2, 0) is 15.9 Å². The zero-order valence-corrected chi connectivity index (χ0v) is 10.3. The molecule has 1 aromatic carbocycles. The summed E-state index contributed by atoms with van der Waals surface area (Å²) in [4.78, 5) is 21.0. The van der Waals surface area contributed by atoms with Crippen LogP contribution in [0.5, 0.6) is 0 Å². The fourth-order valence-electron chi connectivity index (χ4n) is 1.47. The van der Waals surface area contributed by atoms with Gasteiger partial charge < -0.3 is 9.47 Å². The third-order valence-electron chi connectivity index (χ3n) is 2.50. The third-order valence-corrected chi connectivity index (χ3v) is 2.50. The van der Waals surface area contributed by atoms with Gasteiger partial charge in [-0.05, 0) is 12.0 Å². The molecule has 0 radical (unpaired) electrons. The Morgan fingerprint density at radius 2 is 2.00 bits per heavy atom. The Hall–Kier alpha value is -2.11. The molecular weight excluding hydrogens is 238 g/mol. The number of ether oxygens (including phenoxy) is 2. The van der Waals surface area contributed by atoms with Crippen LogP contribution < -0.4 is 0 Å². The molecule has 0 heterocycles. The minimum atomic E-state index is -0.719. The van der Waals surface area contributed by atoms with Gasteiger partial charge in [-0.25, -0.2) is 4.79 Å². The summed E-state index contributed by atoms with van der Waals surface area (Å²) < 4.78 is 9.46. The molecule has 1 atom stereocenters. The molecular formula is C12H15NO5. The summed E-state index contributed by atoms with van der Waals surface area (Å²) in [6.45, 7) is 1.89. The summed E-state index contributed by atoms with van der Waals surface area (Å²) >= 11 is 0. The van der Waals surface area contributed by atoms with Crippen molar-refractivity contribution in [1.29, 1.82) is 0 Å². The van der Waals surface area contributed by atoms with E-state index in [1.54, 1.807) is 12.1 Å². The van der Waals surface area contributed by atoms with Gasteiger partial charge >= 0.3 is 6.16 Å². The van der Waals surface area contributed by atoms with Crippen LogP contribution in [0.3, 0.4) is 0 Å². The number of hydrogen-bond acceptors (Lipinski definition) is 5. The largest absolute Gasteiger partial charge is 0.508 e. The van der Waals surface area contributed by atoms with Crippen molar-refractivity contribution in [2.24, 2.45) is 0 Å². The highest BCUT2D eigenvalue weighted by Crippen LogP contribution is 2.15. The van der Waals surface area contributed by atoms with Gasteiger partial charge in [0.25, 0.3) is 5.69 Å². The van der Waals surface area contributed by atoms with E-state index in [2.05, 4.69) is 4.74 Å². The van der Waals surface area contributed by atoms with E-state index >= 15 is 0 Å². The molecule has 0 aromatic heterocycles. The molecule has 18 heavy (non-hydrogen) atoms. The number of methoxy groups -OCH3 is 1. The maximum atomic E-state index is 11.0. The van der Waals surface area contributed by atoms with Gasteiger partial charge in [0.15, 0.2) is 0 Å². The van der Waals surface area contributed by atoms with Crippen molar-refractivity contribution in [3.05, 3.63) is 39.9 Å². The molecule has 98 valence electrons. The van der Waals surface area contributed by atoms with Gasteiger partial charge in [-0.1, -0.05) is 19.1 Å². The number of carbonyl (C=O) groups is 1. The van der Waals surface area contributed by atoms with E-state index < -0.39 is 11.1 Å². The first-order chi connectivity index (χ1) is 8.56. The second-order valence-corrected chi connectivity index (χ2v) is 3.73. The van der Waals surface area contributed by atoms with Crippen LogP contribution in [0.25, 0.3) is 0 Å². The molecule has 6 nitrogen and oxygen atoms in total. The smallest absolute Gasteiger partial charge is 0.438 e. The number of rotatable bonds is 5. The van der Waals surface area contributed by atoms with Crippen molar-refractivity contribution >= 4 is 11.8 Å². The second-order valence-electron chi connectivity index (χ2n) is 3.73. The van der Waals surface area contributed by atoms with Gasteiger partial charge in [0.05, 0.1) is 12.0 Å². The monoisotopic (exact) mass is 253 g/mol. The van der Waals surface area contributed by atoms with Crippen LogP contribution in [-0.4, -0.2) is 24.3 Å². The highest BCUT2D eigenvalue weighted by molar-refractivity contribution is 5.59. The minimum Gasteiger partial charge on any atom is -0.438 e. The van der Waals surface area contributed by atoms with E-state index in [1.807, 2.05) is 6.92 Å².